The van der Waals surface area contributed by atoms with E-state index < -0.39 is 5.92 Å². The van der Waals surface area contributed by atoms with Crippen molar-refractivity contribution < 1.29 is 8.78 Å². The maximum absolute atomic E-state index is 12.9. The summed E-state index contributed by atoms with van der Waals surface area (Å²) in [5, 5.41) is 0. The number of hydrogen-bond donors (Lipinski definition) is 2. The van der Waals surface area contributed by atoms with Gasteiger partial charge in [0.2, 0.25) is 5.92 Å². The first-order valence-electron chi connectivity index (χ1n) is 5.53. The fraction of sp³-hybridized carbons (Fsp3) is 0.900. The highest BCUT2D eigenvalue weighted by molar-refractivity contribution is 5.84. The molecular weight excluding hydrogens is 200 g/mol. The number of nitrogens with zero attached hydrogens (tertiary/aromatic N) is 1. The first kappa shape index (κ1) is 10.8. The second-order valence-corrected chi connectivity index (χ2v) is 4.52. The van der Waals surface area contributed by atoms with Crippen molar-refractivity contribution in [3.63, 3.8) is 0 Å². The molecule has 0 aromatic rings. The van der Waals surface area contributed by atoms with Crippen LogP contribution < -0.4 is 11.3 Å². The van der Waals surface area contributed by atoms with Crippen molar-refractivity contribution in [2.75, 3.05) is 0 Å². The van der Waals surface area contributed by atoms with Crippen molar-refractivity contribution >= 4 is 5.84 Å². The Hall–Kier alpha value is -0.710. The molecule has 2 rings (SSSR count). The topological polar surface area (TPSA) is 50.4 Å². The molecule has 0 amide bonds. The second kappa shape index (κ2) is 4.04. The highest BCUT2D eigenvalue weighted by Gasteiger charge is 2.37. The van der Waals surface area contributed by atoms with Gasteiger partial charge in [0.05, 0.1) is 6.04 Å². The smallest absolute Gasteiger partial charge is 0.248 e. The van der Waals surface area contributed by atoms with Gasteiger partial charge in [0.25, 0.3) is 0 Å². The number of nitrogens with two attached hydrogens (primary N) is 1. The second-order valence-electron chi connectivity index (χ2n) is 4.52. The molecule has 0 unspecified atom stereocenters. The number of halogens is 2. The largest absolute Gasteiger partial charge is 0.312 e. The molecule has 0 saturated heterocycles. The molecule has 2 aliphatic rings. The SMILES string of the molecule is NNC(=NC1CC1)C1CCC(F)(F)CC1. The number of nitrogens with one attached hydrogen (secondary N) is 1. The van der Waals surface area contributed by atoms with Crippen LogP contribution in [0, 0.1) is 5.92 Å². The lowest BCUT2D eigenvalue weighted by atomic mass is 9.86. The van der Waals surface area contributed by atoms with Crippen molar-refractivity contribution in [2.45, 2.75) is 50.5 Å². The molecule has 0 aromatic carbocycles. The first-order chi connectivity index (χ1) is 7.11. The minimum absolute atomic E-state index is 0.0387. The molecule has 3 N–H and O–H groups in total. The predicted octanol–water partition coefficient (Wildman–Crippen LogP) is 1.84. The van der Waals surface area contributed by atoms with Crippen molar-refractivity contribution in [3.8, 4) is 0 Å². The van der Waals surface area contributed by atoms with Crippen molar-refractivity contribution in [1.82, 2.24) is 5.43 Å². The third-order valence-electron chi connectivity index (χ3n) is 3.12. The highest BCUT2D eigenvalue weighted by atomic mass is 19.3. The van der Waals surface area contributed by atoms with Gasteiger partial charge in [0, 0.05) is 18.8 Å². The molecule has 86 valence electrons. The quantitative estimate of drug-likeness (QED) is 0.321. The van der Waals surface area contributed by atoms with Gasteiger partial charge in [-0.25, -0.2) is 14.6 Å². The Labute approximate surface area is 88.1 Å². The van der Waals surface area contributed by atoms with Gasteiger partial charge >= 0.3 is 0 Å². The third kappa shape index (κ3) is 2.87. The van der Waals surface area contributed by atoms with Gasteiger partial charge in [-0.15, -0.1) is 0 Å². The van der Waals surface area contributed by atoms with E-state index in [1.54, 1.807) is 0 Å². The Morgan fingerprint density at radius 2 is 1.80 bits per heavy atom. The van der Waals surface area contributed by atoms with E-state index in [-0.39, 0.29) is 18.8 Å². The van der Waals surface area contributed by atoms with E-state index in [0.29, 0.717) is 18.9 Å². The molecule has 3 nitrogen and oxygen atoms in total. The monoisotopic (exact) mass is 217 g/mol. The molecule has 0 spiro atoms. The molecule has 0 bridgehead atoms. The van der Waals surface area contributed by atoms with Crippen LogP contribution in [-0.4, -0.2) is 17.8 Å². The molecule has 2 saturated carbocycles. The summed E-state index contributed by atoms with van der Waals surface area (Å²) in [5.41, 5.74) is 2.58. The summed E-state index contributed by atoms with van der Waals surface area (Å²) in [7, 11) is 0. The van der Waals surface area contributed by atoms with E-state index >= 15 is 0 Å². The number of hydrogen-bond acceptors (Lipinski definition) is 2. The first-order valence-corrected chi connectivity index (χ1v) is 5.53. The summed E-state index contributed by atoms with van der Waals surface area (Å²) in [5.74, 6) is 3.74. The maximum Gasteiger partial charge on any atom is 0.248 e. The van der Waals surface area contributed by atoms with E-state index in [1.807, 2.05) is 0 Å². The summed E-state index contributed by atoms with van der Waals surface area (Å²) >= 11 is 0. The van der Waals surface area contributed by atoms with Crippen LogP contribution in [-0.2, 0) is 0 Å². The molecular formula is C10H17F2N3. The Bertz CT molecular complexity index is 251. The molecule has 5 heteroatoms. The Balaban J connectivity index is 1.92. The summed E-state index contributed by atoms with van der Waals surface area (Å²) in [6.07, 6.45) is 3.11. The van der Waals surface area contributed by atoms with Crippen LogP contribution in [0.5, 0.6) is 0 Å². The molecule has 0 atom stereocenters. The van der Waals surface area contributed by atoms with E-state index in [4.69, 9.17) is 5.84 Å². The summed E-state index contributed by atoms with van der Waals surface area (Å²) in [6, 6.07) is 0.387. The lowest BCUT2D eigenvalue weighted by Gasteiger charge is -2.28. The normalized spacial score (nSPS) is 27.8. The van der Waals surface area contributed by atoms with Crippen molar-refractivity contribution in [2.24, 2.45) is 16.8 Å². The zero-order valence-corrected chi connectivity index (χ0v) is 8.68. The number of aliphatic imine (C=N–C) groups is 1. The molecule has 0 heterocycles. The van der Waals surface area contributed by atoms with Gasteiger partial charge in [0.1, 0.15) is 5.84 Å². The lowest BCUT2D eigenvalue weighted by molar-refractivity contribution is -0.0396. The zero-order chi connectivity index (χ0) is 10.9. The van der Waals surface area contributed by atoms with Crippen LogP contribution in [0.2, 0.25) is 0 Å². The fourth-order valence-corrected chi connectivity index (χ4v) is 1.97. The van der Waals surface area contributed by atoms with Crippen LogP contribution in [0.4, 0.5) is 8.78 Å². The number of amidine groups is 1. The fourth-order valence-electron chi connectivity index (χ4n) is 1.97. The summed E-state index contributed by atoms with van der Waals surface area (Å²) in [4.78, 5) is 4.41. The van der Waals surface area contributed by atoms with E-state index in [9.17, 15) is 8.78 Å². The molecule has 15 heavy (non-hydrogen) atoms. The van der Waals surface area contributed by atoms with Gasteiger partial charge in [-0.2, -0.15) is 0 Å². The number of alkyl halides is 2. The van der Waals surface area contributed by atoms with Crippen molar-refractivity contribution in [3.05, 3.63) is 0 Å². The highest BCUT2D eigenvalue weighted by Crippen LogP contribution is 2.37. The van der Waals surface area contributed by atoms with Crippen LogP contribution in [0.1, 0.15) is 38.5 Å². The zero-order valence-electron chi connectivity index (χ0n) is 8.68. The van der Waals surface area contributed by atoms with Gasteiger partial charge in [0.15, 0.2) is 0 Å². The van der Waals surface area contributed by atoms with Gasteiger partial charge < -0.3 is 5.43 Å². The lowest BCUT2D eigenvalue weighted by Crippen LogP contribution is -2.39. The van der Waals surface area contributed by atoms with E-state index in [2.05, 4.69) is 10.4 Å². The van der Waals surface area contributed by atoms with E-state index in [1.165, 1.54) is 0 Å². The van der Waals surface area contributed by atoms with Crippen LogP contribution in [0.15, 0.2) is 4.99 Å². The van der Waals surface area contributed by atoms with Crippen LogP contribution >= 0.6 is 0 Å². The van der Waals surface area contributed by atoms with Gasteiger partial charge in [-0.1, -0.05) is 0 Å². The summed E-state index contributed by atoms with van der Waals surface area (Å²) < 4.78 is 25.9. The van der Waals surface area contributed by atoms with Gasteiger partial charge in [-0.3, -0.25) is 4.99 Å². The Kier molecular flexibility index (Phi) is 2.91. The van der Waals surface area contributed by atoms with E-state index in [0.717, 1.165) is 18.7 Å². The van der Waals surface area contributed by atoms with Gasteiger partial charge in [-0.05, 0) is 25.7 Å². The number of hydrazine groups is 1. The molecule has 2 fully saturated rings. The summed E-state index contributed by atoms with van der Waals surface area (Å²) in [6.45, 7) is 0. The average Bonchev–Trinajstić information content (AvgIpc) is 2.98. The third-order valence-corrected chi connectivity index (χ3v) is 3.12. The van der Waals surface area contributed by atoms with Crippen LogP contribution in [0.3, 0.4) is 0 Å². The minimum atomic E-state index is -2.48. The predicted molar refractivity (Wildman–Crippen MR) is 54.7 cm³/mol. The average molecular weight is 217 g/mol. The number of rotatable bonds is 2. The minimum Gasteiger partial charge on any atom is -0.312 e. The molecule has 0 aromatic heterocycles. The Morgan fingerprint density at radius 3 is 2.27 bits per heavy atom. The molecule has 0 aliphatic heterocycles. The maximum atomic E-state index is 12.9. The van der Waals surface area contributed by atoms with Crippen molar-refractivity contribution in [1.29, 1.82) is 0 Å². The van der Waals surface area contributed by atoms with Crippen LogP contribution in [0.25, 0.3) is 0 Å². The standard InChI is InChI=1S/C10H17F2N3/c11-10(12)5-3-7(4-6-10)9(15-13)14-8-1-2-8/h7-8H,1-6,13H2,(H,14,15). The Morgan fingerprint density at radius 1 is 1.20 bits per heavy atom. The molecule has 0 radical (unpaired) electrons. The molecule has 2 aliphatic carbocycles.